The topological polar surface area (TPSA) is 44.8 Å². The third-order valence-electron chi connectivity index (χ3n) is 4.93. The molecule has 5 heteroatoms. The molecule has 2 rings (SSSR count). The number of likely N-dealkylation sites (N-methyl/N-ethyl adjacent to an activating group) is 1. The maximum atomic E-state index is 12.4. The van der Waals surface area contributed by atoms with Gasteiger partial charge in [-0.1, -0.05) is 26.0 Å². The molecular weight excluding hydrogens is 326 g/mol. The monoisotopic (exact) mass is 361 g/mol. The highest BCUT2D eigenvalue weighted by atomic mass is 16.5. The van der Waals surface area contributed by atoms with E-state index < -0.39 is 0 Å². The van der Waals surface area contributed by atoms with Crippen LogP contribution < -0.4 is 10.1 Å². The molecule has 146 valence electrons. The van der Waals surface area contributed by atoms with Gasteiger partial charge in [0.15, 0.2) is 0 Å². The van der Waals surface area contributed by atoms with E-state index in [2.05, 4.69) is 36.0 Å². The van der Waals surface area contributed by atoms with Gasteiger partial charge in [-0.2, -0.15) is 0 Å². The molecule has 1 N–H and O–H groups in total. The largest absolute Gasteiger partial charge is 0.494 e. The molecule has 0 saturated carbocycles. The summed E-state index contributed by atoms with van der Waals surface area (Å²) in [7, 11) is 2.17. The summed E-state index contributed by atoms with van der Waals surface area (Å²) < 4.78 is 5.45. The van der Waals surface area contributed by atoms with Crippen molar-refractivity contribution in [1.82, 2.24) is 15.1 Å². The van der Waals surface area contributed by atoms with Gasteiger partial charge in [0.2, 0.25) is 5.91 Å². The smallest absolute Gasteiger partial charge is 0.224 e. The Kier molecular flexibility index (Phi) is 8.39. The normalized spacial score (nSPS) is 17.3. The zero-order valence-electron chi connectivity index (χ0n) is 16.8. The van der Waals surface area contributed by atoms with Crippen molar-refractivity contribution in [1.29, 1.82) is 0 Å². The molecular formula is C21H35N3O2. The second-order valence-electron chi connectivity index (χ2n) is 7.68. The quantitative estimate of drug-likeness (QED) is 0.734. The lowest BCUT2D eigenvalue weighted by Gasteiger charge is -2.38. The number of piperazine rings is 1. The summed E-state index contributed by atoms with van der Waals surface area (Å²) in [6.07, 6.45) is 1.54. The fourth-order valence-electron chi connectivity index (χ4n) is 3.44. The SMILES string of the molecule is CCOc1ccc(CC(=O)NCC(CC(C)C)N2CCN(C)CC2)cc1. The van der Waals surface area contributed by atoms with Gasteiger partial charge in [-0.3, -0.25) is 9.69 Å². The van der Waals surface area contributed by atoms with E-state index in [1.807, 2.05) is 31.2 Å². The molecule has 1 fully saturated rings. The average Bonchev–Trinajstić information content (AvgIpc) is 2.61. The Morgan fingerprint density at radius 1 is 1.15 bits per heavy atom. The van der Waals surface area contributed by atoms with Gasteiger partial charge < -0.3 is 15.0 Å². The molecule has 1 saturated heterocycles. The molecule has 1 aromatic rings. The van der Waals surface area contributed by atoms with E-state index in [1.165, 1.54) is 0 Å². The zero-order valence-corrected chi connectivity index (χ0v) is 16.8. The molecule has 1 amide bonds. The maximum absolute atomic E-state index is 12.4. The molecule has 5 nitrogen and oxygen atoms in total. The summed E-state index contributed by atoms with van der Waals surface area (Å²) in [5, 5.41) is 3.16. The van der Waals surface area contributed by atoms with Gasteiger partial charge in [0.1, 0.15) is 5.75 Å². The molecule has 0 radical (unpaired) electrons. The van der Waals surface area contributed by atoms with Crippen LogP contribution >= 0.6 is 0 Å². The van der Waals surface area contributed by atoms with Crippen molar-refractivity contribution < 1.29 is 9.53 Å². The molecule has 1 aliphatic rings. The Morgan fingerprint density at radius 2 is 1.81 bits per heavy atom. The van der Waals surface area contributed by atoms with Crippen molar-refractivity contribution in [2.45, 2.75) is 39.7 Å². The lowest BCUT2D eigenvalue weighted by molar-refractivity contribution is -0.120. The summed E-state index contributed by atoms with van der Waals surface area (Å²) >= 11 is 0. The number of nitrogens with zero attached hydrogens (tertiary/aromatic N) is 2. The molecule has 0 aromatic heterocycles. The number of carbonyl (C=O) groups is 1. The van der Waals surface area contributed by atoms with Crippen LogP contribution in [-0.4, -0.2) is 68.1 Å². The molecule has 1 aliphatic heterocycles. The highest BCUT2D eigenvalue weighted by molar-refractivity contribution is 5.78. The molecule has 0 aliphatic carbocycles. The van der Waals surface area contributed by atoms with Crippen LogP contribution in [0.3, 0.4) is 0 Å². The lowest BCUT2D eigenvalue weighted by Crippen LogP contribution is -2.52. The highest BCUT2D eigenvalue weighted by Gasteiger charge is 2.23. The Balaban J connectivity index is 1.83. The van der Waals surface area contributed by atoms with E-state index in [1.54, 1.807) is 0 Å². The first-order chi connectivity index (χ1) is 12.5. The lowest BCUT2D eigenvalue weighted by atomic mass is 10.0. The predicted molar refractivity (Wildman–Crippen MR) is 107 cm³/mol. The van der Waals surface area contributed by atoms with E-state index >= 15 is 0 Å². The van der Waals surface area contributed by atoms with Crippen molar-refractivity contribution in [3.63, 3.8) is 0 Å². The molecule has 0 bridgehead atoms. The first kappa shape index (κ1) is 20.7. The standard InChI is InChI=1S/C21H35N3O2/c1-5-26-20-8-6-18(7-9-20)15-21(25)22-16-19(14-17(2)3)24-12-10-23(4)11-13-24/h6-9,17,19H,5,10-16H2,1-4H3,(H,22,25). The molecule has 1 aromatic carbocycles. The van der Waals surface area contributed by atoms with Crippen molar-refractivity contribution in [2.24, 2.45) is 5.92 Å². The summed E-state index contributed by atoms with van der Waals surface area (Å²) in [6, 6.07) is 8.22. The maximum Gasteiger partial charge on any atom is 0.224 e. The Labute approximate surface area is 158 Å². The van der Waals surface area contributed by atoms with Gasteiger partial charge >= 0.3 is 0 Å². The number of hydrogen-bond acceptors (Lipinski definition) is 4. The average molecular weight is 362 g/mol. The van der Waals surface area contributed by atoms with Crippen molar-refractivity contribution in [3.8, 4) is 5.75 Å². The summed E-state index contributed by atoms with van der Waals surface area (Å²) in [6.45, 7) is 12.3. The minimum Gasteiger partial charge on any atom is -0.494 e. The minimum absolute atomic E-state index is 0.0945. The minimum atomic E-state index is 0.0945. The van der Waals surface area contributed by atoms with E-state index in [0.717, 1.165) is 50.5 Å². The van der Waals surface area contributed by atoms with Crippen LogP contribution in [0, 0.1) is 5.92 Å². The third kappa shape index (κ3) is 6.96. The van der Waals surface area contributed by atoms with E-state index in [-0.39, 0.29) is 5.91 Å². The fraction of sp³-hybridized carbons (Fsp3) is 0.667. The van der Waals surface area contributed by atoms with Crippen LogP contribution in [0.2, 0.25) is 0 Å². The van der Waals surface area contributed by atoms with Crippen LogP contribution in [-0.2, 0) is 11.2 Å². The van der Waals surface area contributed by atoms with Crippen LogP contribution in [0.25, 0.3) is 0 Å². The first-order valence-corrected chi connectivity index (χ1v) is 9.89. The van der Waals surface area contributed by atoms with Crippen LogP contribution in [0.4, 0.5) is 0 Å². The highest BCUT2D eigenvalue weighted by Crippen LogP contribution is 2.14. The number of hydrogen-bond donors (Lipinski definition) is 1. The molecule has 1 heterocycles. The van der Waals surface area contributed by atoms with Crippen LogP contribution in [0.15, 0.2) is 24.3 Å². The third-order valence-corrected chi connectivity index (χ3v) is 4.93. The number of benzene rings is 1. The van der Waals surface area contributed by atoms with Gasteiger partial charge in [0.25, 0.3) is 0 Å². The van der Waals surface area contributed by atoms with Gasteiger partial charge in [-0.15, -0.1) is 0 Å². The molecule has 26 heavy (non-hydrogen) atoms. The summed E-state index contributed by atoms with van der Waals surface area (Å²) in [5.41, 5.74) is 1.02. The number of rotatable bonds is 9. The summed E-state index contributed by atoms with van der Waals surface area (Å²) in [5.74, 6) is 1.57. The number of ether oxygens (including phenoxy) is 1. The van der Waals surface area contributed by atoms with Crippen LogP contribution in [0.1, 0.15) is 32.8 Å². The van der Waals surface area contributed by atoms with Crippen molar-refractivity contribution >= 4 is 5.91 Å². The van der Waals surface area contributed by atoms with Gasteiger partial charge in [0, 0.05) is 38.8 Å². The van der Waals surface area contributed by atoms with Gasteiger partial charge in [-0.05, 0) is 44.0 Å². The van der Waals surface area contributed by atoms with E-state index in [9.17, 15) is 4.79 Å². The molecule has 1 atom stereocenters. The van der Waals surface area contributed by atoms with E-state index in [4.69, 9.17) is 4.74 Å². The Bertz CT molecular complexity index is 537. The second kappa shape index (κ2) is 10.5. The van der Waals surface area contributed by atoms with Crippen LogP contribution in [0.5, 0.6) is 5.75 Å². The zero-order chi connectivity index (χ0) is 18.9. The number of nitrogens with one attached hydrogen (secondary N) is 1. The number of carbonyl (C=O) groups excluding carboxylic acids is 1. The molecule has 0 spiro atoms. The Morgan fingerprint density at radius 3 is 2.38 bits per heavy atom. The molecule has 1 unspecified atom stereocenters. The predicted octanol–water partition coefficient (Wildman–Crippen LogP) is 2.41. The fourth-order valence-corrected chi connectivity index (χ4v) is 3.44. The van der Waals surface area contributed by atoms with Crippen molar-refractivity contribution in [2.75, 3.05) is 46.4 Å². The van der Waals surface area contributed by atoms with Gasteiger partial charge in [-0.25, -0.2) is 0 Å². The second-order valence-corrected chi connectivity index (χ2v) is 7.68. The van der Waals surface area contributed by atoms with Crippen molar-refractivity contribution in [3.05, 3.63) is 29.8 Å². The van der Waals surface area contributed by atoms with E-state index in [0.29, 0.717) is 25.0 Å². The van der Waals surface area contributed by atoms with Gasteiger partial charge in [0.05, 0.1) is 13.0 Å². The number of amides is 1. The first-order valence-electron chi connectivity index (χ1n) is 9.89. The summed E-state index contributed by atoms with van der Waals surface area (Å²) in [4.78, 5) is 17.3. The Hall–Kier alpha value is -1.59.